The summed E-state index contributed by atoms with van der Waals surface area (Å²) in [5, 5.41) is 8.60. The molecule has 1 aromatic rings. The van der Waals surface area contributed by atoms with Crippen LogP contribution in [0.1, 0.15) is 6.42 Å². The lowest BCUT2D eigenvalue weighted by atomic mass is 10.3. The lowest BCUT2D eigenvalue weighted by molar-refractivity contribution is 0.228. The minimum Gasteiger partial charge on any atom is -0.493 e. The van der Waals surface area contributed by atoms with Crippen molar-refractivity contribution in [1.29, 1.82) is 0 Å². The van der Waals surface area contributed by atoms with Crippen molar-refractivity contribution in [3.63, 3.8) is 0 Å². The topological polar surface area (TPSA) is 38.7 Å². The molecule has 0 saturated heterocycles. The Bertz CT molecular complexity index is 289. The molecule has 0 unspecified atom stereocenters. The molecule has 1 aromatic carbocycles. The van der Waals surface area contributed by atoms with Gasteiger partial charge in [0.05, 0.1) is 13.7 Å². The molecule has 0 aliphatic rings. The molecule has 0 aliphatic heterocycles. The Kier molecular flexibility index (Phi) is 4.76. The van der Waals surface area contributed by atoms with E-state index in [1.54, 1.807) is 7.11 Å². The van der Waals surface area contributed by atoms with Crippen LogP contribution < -0.4 is 9.47 Å². The summed E-state index contributed by atoms with van der Waals surface area (Å²) < 4.78 is 11.5. The van der Waals surface area contributed by atoms with Crippen LogP contribution in [0.15, 0.2) is 22.7 Å². The highest BCUT2D eigenvalue weighted by molar-refractivity contribution is 9.10. The Morgan fingerprint density at radius 1 is 1.36 bits per heavy atom. The maximum absolute atomic E-state index is 8.60. The Balaban J connectivity index is 2.67. The minimum atomic E-state index is 0.135. The molecule has 0 atom stereocenters. The molecule has 0 amide bonds. The molecule has 0 aliphatic carbocycles. The normalized spacial score (nSPS) is 9.93. The van der Waals surface area contributed by atoms with Crippen LogP contribution in [0, 0.1) is 0 Å². The van der Waals surface area contributed by atoms with E-state index < -0.39 is 0 Å². The molecule has 0 saturated carbocycles. The first-order valence-electron chi connectivity index (χ1n) is 4.35. The molecule has 78 valence electrons. The van der Waals surface area contributed by atoms with Gasteiger partial charge in [-0.25, -0.2) is 0 Å². The second-order valence-corrected chi connectivity index (χ2v) is 3.64. The van der Waals surface area contributed by atoms with E-state index in [1.165, 1.54) is 0 Å². The number of aliphatic hydroxyl groups is 1. The summed E-state index contributed by atoms with van der Waals surface area (Å²) in [7, 11) is 1.60. The zero-order chi connectivity index (χ0) is 10.4. The molecule has 1 rings (SSSR count). The van der Waals surface area contributed by atoms with Crippen molar-refractivity contribution in [2.24, 2.45) is 0 Å². The quantitative estimate of drug-likeness (QED) is 0.826. The van der Waals surface area contributed by atoms with Gasteiger partial charge in [-0.3, -0.25) is 0 Å². The van der Waals surface area contributed by atoms with Gasteiger partial charge in [0.25, 0.3) is 0 Å². The smallest absolute Gasteiger partial charge is 0.162 e. The van der Waals surface area contributed by atoms with Crippen LogP contribution in [0.3, 0.4) is 0 Å². The van der Waals surface area contributed by atoms with Gasteiger partial charge in [0.15, 0.2) is 11.5 Å². The molecule has 3 nitrogen and oxygen atoms in total. The van der Waals surface area contributed by atoms with Gasteiger partial charge >= 0.3 is 0 Å². The van der Waals surface area contributed by atoms with Crippen LogP contribution in [0.4, 0.5) is 0 Å². The van der Waals surface area contributed by atoms with Crippen molar-refractivity contribution in [3.05, 3.63) is 22.7 Å². The highest BCUT2D eigenvalue weighted by Gasteiger charge is 2.03. The van der Waals surface area contributed by atoms with Crippen LogP contribution in [-0.2, 0) is 0 Å². The second kappa shape index (κ2) is 5.88. The molecular formula is C10H13BrO3. The van der Waals surface area contributed by atoms with Crippen molar-refractivity contribution < 1.29 is 14.6 Å². The molecule has 0 spiro atoms. The second-order valence-electron chi connectivity index (χ2n) is 2.72. The Labute approximate surface area is 91.8 Å². The largest absolute Gasteiger partial charge is 0.493 e. The molecule has 1 N–H and O–H groups in total. The number of aliphatic hydroxyl groups excluding tert-OH is 1. The highest BCUT2D eigenvalue weighted by Crippen LogP contribution is 2.30. The SMILES string of the molecule is COc1ccc(Br)cc1OCCCO. The minimum absolute atomic E-state index is 0.135. The third-order valence-electron chi connectivity index (χ3n) is 1.69. The van der Waals surface area contributed by atoms with Crippen LogP contribution in [0.5, 0.6) is 11.5 Å². The first kappa shape index (κ1) is 11.3. The Morgan fingerprint density at radius 3 is 2.79 bits per heavy atom. The average molecular weight is 261 g/mol. The Hall–Kier alpha value is -0.740. The first-order chi connectivity index (χ1) is 6.77. The Morgan fingerprint density at radius 2 is 2.14 bits per heavy atom. The van der Waals surface area contributed by atoms with E-state index in [2.05, 4.69) is 15.9 Å². The van der Waals surface area contributed by atoms with Crippen LogP contribution in [0.25, 0.3) is 0 Å². The van der Waals surface area contributed by atoms with E-state index in [0.717, 1.165) is 4.47 Å². The molecular weight excluding hydrogens is 248 g/mol. The maximum Gasteiger partial charge on any atom is 0.162 e. The van der Waals surface area contributed by atoms with E-state index in [1.807, 2.05) is 18.2 Å². The maximum atomic E-state index is 8.60. The fourth-order valence-corrected chi connectivity index (χ4v) is 1.35. The fourth-order valence-electron chi connectivity index (χ4n) is 1.01. The van der Waals surface area contributed by atoms with Gasteiger partial charge in [-0.15, -0.1) is 0 Å². The number of ether oxygens (including phenoxy) is 2. The van der Waals surface area contributed by atoms with Crippen LogP contribution >= 0.6 is 15.9 Å². The van der Waals surface area contributed by atoms with Crippen molar-refractivity contribution >= 4 is 15.9 Å². The number of hydrogen-bond donors (Lipinski definition) is 1. The van der Waals surface area contributed by atoms with Gasteiger partial charge in [-0.1, -0.05) is 15.9 Å². The first-order valence-corrected chi connectivity index (χ1v) is 5.14. The number of methoxy groups -OCH3 is 1. The van der Waals surface area contributed by atoms with Crippen molar-refractivity contribution in [3.8, 4) is 11.5 Å². The van der Waals surface area contributed by atoms with Crippen molar-refractivity contribution in [2.75, 3.05) is 20.3 Å². The summed E-state index contributed by atoms with van der Waals surface area (Å²) in [5.74, 6) is 1.39. The van der Waals surface area contributed by atoms with Crippen LogP contribution in [-0.4, -0.2) is 25.4 Å². The lowest BCUT2D eigenvalue weighted by Crippen LogP contribution is -2.01. The molecule has 0 radical (unpaired) electrons. The standard InChI is InChI=1S/C10H13BrO3/c1-13-9-4-3-8(11)7-10(9)14-6-2-5-12/h3-4,7,12H,2,5-6H2,1H3. The van der Waals surface area contributed by atoms with Gasteiger partial charge in [-0.2, -0.15) is 0 Å². The molecule has 0 bridgehead atoms. The average Bonchev–Trinajstić information content (AvgIpc) is 2.19. The third kappa shape index (κ3) is 3.20. The monoisotopic (exact) mass is 260 g/mol. The van der Waals surface area contributed by atoms with Gasteiger partial charge in [0.1, 0.15) is 0 Å². The molecule has 0 fully saturated rings. The summed E-state index contributed by atoms with van der Waals surface area (Å²) in [6.07, 6.45) is 0.621. The molecule has 0 heterocycles. The number of benzene rings is 1. The summed E-state index contributed by atoms with van der Waals surface area (Å²) in [6.45, 7) is 0.625. The fraction of sp³-hybridized carbons (Fsp3) is 0.400. The van der Waals surface area contributed by atoms with Gasteiger partial charge in [-0.05, 0) is 18.2 Å². The van der Waals surface area contributed by atoms with Crippen molar-refractivity contribution in [1.82, 2.24) is 0 Å². The predicted molar refractivity (Wildman–Crippen MR) is 57.9 cm³/mol. The number of rotatable bonds is 5. The van der Waals surface area contributed by atoms with Gasteiger partial charge in [0.2, 0.25) is 0 Å². The third-order valence-corrected chi connectivity index (χ3v) is 2.18. The zero-order valence-corrected chi connectivity index (χ0v) is 9.58. The number of hydrogen-bond acceptors (Lipinski definition) is 3. The summed E-state index contributed by atoms with van der Waals surface area (Å²) in [4.78, 5) is 0. The van der Waals surface area contributed by atoms with E-state index in [9.17, 15) is 0 Å². The lowest BCUT2D eigenvalue weighted by Gasteiger charge is -2.10. The summed E-state index contributed by atoms with van der Waals surface area (Å²) >= 11 is 3.35. The van der Waals surface area contributed by atoms with E-state index in [0.29, 0.717) is 24.5 Å². The molecule has 0 aromatic heterocycles. The predicted octanol–water partition coefficient (Wildman–Crippen LogP) is 2.22. The van der Waals surface area contributed by atoms with E-state index >= 15 is 0 Å². The zero-order valence-electron chi connectivity index (χ0n) is 8.00. The van der Waals surface area contributed by atoms with E-state index in [4.69, 9.17) is 14.6 Å². The van der Waals surface area contributed by atoms with E-state index in [-0.39, 0.29) is 6.61 Å². The van der Waals surface area contributed by atoms with Crippen LogP contribution in [0.2, 0.25) is 0 Å². The van der Waals surface area contributed by atoms with Gasteiger partial charge < -0.3 is 14.6 Å². The molecule has 14 heavy (non-hydrogen) atoms. The summed E-state index contributed by atoms with van der Waals surface area (Å²) in [6, 6.07) is 5.56. The summed E-state index contributed by atoms with van der Waals surface area (Å²) in [5.41, 5.74) is 0. The highest BCUT2D eigenvalue weighted by atomic mass is 79.9. The van der Waals surface area contributed by atoms with Gasteiger partial charge in [0, 0.05) is 17.5 Å². The molecule has 4 heteroatoms. The number of halogens is 1. The van der Waals surface area contributed by atoms with Crippen molar-refractivity contribution in [2.45, 2.75) is 6.42 Å².